The molecule has 4 nitrogen and oxygen atoms in total. The van der Waals surface area contributed by atoms with Gasteiger partial charge in [-0.3, -0.25) is 4.79 Å². The minimum absolute atomic E-state index is 0.0741. The average Bonchev–Trinajstić information content (AvgIpc) is 1.89. The molecule has 1 aromatic heterocycles. The Morgan fingerprint density at radius 3 is 3.00 bits per heavy atom. The molecule has 1 aromatic rings. The summed E-state index contributed by atoms with van der Waals surface area (Å²) < 4.78 is 0.410. The van der Waals surface area contributed by atoms with E-state index in [0.29, 0.717) is 11.0 Å². The topological polar surface area (TPSA) is 56.9 Å². The number of nitrogens with zero attached hydrogens (tertiary/aromatic N) is 2. The van der Waals surface area contributed by atoms with Crippen LogP contribution in [0.15, 0.2) is 18.6 Å². The van der Waals surface area contributed by atoms with Gasteiger partial charge in [0.15, 0.2) is 12.0 Å². The van der Waals surface area contributed by atoms with Gasteiger partial charge in [-0.05, 0) is 0 Å². The lowest BCUT2D eigenvalue weighted by atomic mass is 10.4. The predicted molar refractivity (Wildman–Crippen MR) is 28.6 cm³/mol. The zero-order valence-electron chi connectivity index (χ0n) is 4.52. The predicted octanol–water partition coefficient (Wildman–Crippen LogP) is -0.473. The Labute approximate surface area is 51.4 Å². The van der Waals surface area contributed by atoms with Crippen LogP contribution < -0.4 is 4.73 Å². The van der Waals surface area contributed by atoms with Crippen LogP contribution in [-0.4, -0.2) is 11.3 Å². The van der Waals surface area contributed by atoms with Crippen LogP contribution >= 0.6 is 0 Å². The van der Waals surface area contributed by atoms with E-state index in [-0.39, 0.29) is 5.69 Å². The van der Waals surface area contributed by atoms with E-state index in [1.54, 1.807) is 0 Å². The first kappa shape index (κ1) is 5.68. The van der Waals surface area contributed by atoms with E-state index >= 15 is 0 Å². The fraction of sp³-hybridized carbons (Fsp3) is 0. The second-order valence-corrected chi connectivity index (χ2v) is 1.45. The van der Waals surface area contributed by atoms with Crippen molar-refractivity contribution in [1.82, 2.24) is 4.98 Å². The fourth-order valence-corrected chi connectivity index (χ4v) is 0.450. The first-order valence-electron chi connectivity index (χ1n) is 2.33. The lowest BCUT2D eigenvalue weighted by Crippen LogP contribution is -2.31. The highest BCUT2D eigenvalue weighted by molar-refractivity contribution is 5.69. The summed E-state index contributed by atoms with van der Waals surface area (Å²) in [5, 5.41) is 10.5. The maximum absolute atomic E-state index is 10.5. The molecular formula is C5H4N2O2. The monoisotopic (exact) mass is 124 g/mol. The van der Waals surface area contributed by atoms with Gasteiger partial charge in [0.25, 0.3) is 6.33 Å². The number of carbonyl (C=O) groups is 1. The van der Waals surface area contributed by atoms with Crippen molar-refractivity contribution < 1.29 is 9.52 Å². The maximum Gasteiger partial charge on any atom is 0.289 e. The third kappa shape index (κ3) is 1.02. The van der Waals surface area contributed by atoms with Crippen LogP contribution in [0.25, 0.3) is 0 Å². The van der Waals surface area contributed by atoms with Crippen molar-refractivity contribution in [3.63, 3.8) is 0 Å². The summed E-state index contributed by atoms with van der Waals surface area (Å²) in [4.78, 5) is 13.5. The van der Waals surface area contributed by atoms with Crippen molar-refractivity contribution >= 4 is 6.29 Å². The Balaban J connectivity index is 3.15. The Bertz CT molecular complexity index is 224. The summed E-state index contributed by atoms with van der Waals surface area (Å²) in [7, 11) is 0. The minimum atomic E-state index is 0.0741. The number of hydrogen-bond acceptors (Lipinski definition) is 3. The quantitative estimate of drug-likeness (QED) is 0.289. The Hall–Kier alpha value is -1.45. The molecular weight excluding hydrogens is 120 g/mol. The molecule has 46 valence electrons. The zero-order chi connectivity index (χ0) is 6.69. The fourth-order valence-electron chi connectivity index (χ4n) is 0.450. The van der Waals surface area contributed by atoms with Crippen LogP contribution in [0.1, 0.15) is 10.5 Å². The van der Waals surface area contributed by atoms with Crippen molar-refractivity contribution in [2.24, 2.45) is 0 Å². The number of carbonyl (C=O) groups excluding carboxylic acids is 1. The standard InChI is InChI=1S/C5H4N2O2/c8-3-5-1-2-6-4-7(5)9/h1-4H. The molecule has 0 radical (unpaired) electrons. The van der Waals surface area contributed by atoms with Gasteiger partial charge in [-0.1, -0.05) is 4.98 Å². The van der Waals surface area contributed by atoms with Crippen LogP contribution in [0.4, 0.5) is 0 Å². The van der Waals surface area contributed by atoms with E-state index in [0.717, 1.165) is 6.33 Å². The van der Waals surface area contributed by atoms with Crippen molar-refractivity contribution in [3.8, 4) is 0 Å². The van der Waals surface area contributed by atoms with Crippen LogP contribution in [0.3, 0.4) is 0 Å². The highest BCUT2D eigenvalue weighted by Gasteiger charge is 1.94. The summed E-state index contributed by atoms with van der Waals surface area (Å²) in [5.41, 5.74) is 0.0741. The third-order valence-electron chi connectivity index (χ3n) is 0.878. The van der Waals surface area contributed by atoms with E-state index in [1.807, 2.05) is 0 Å². The molecule has 0 unspecified atom stereocenters. The van der Waals surface area contributed by atoms with Crippen molar-refractivity contribution in [2.75, 3.05) is 0 Å². The van der Waals surface area contributed by atoms with E-state index in [1.165, 1.54) is 12.3 Å². The third-order valence-corrected chi connectivity index (χ3v) is 0.878. The molecule has 0 aliphatic rings. The molecule has 0 aliphatic heterocycles. The van der Waals surface area contributed by atoms with E-state index < -0.39 is 0 Å². The van der Waals surface area contributed by atoms with Crippen LogP contribution in [-0.2, 0) is 0 Å². The number of rotatable bonds is 1. The van der Waals surface area contributed by atoms with Crippen LogP contribution in [0.2, 0.25) is 0 Å². The van der Waals surface area contributed by atoms with Gasteiger partial charge in [0.2, 0.25) is 0 Å². The Kier molecular flexibility index (Phi) is 1.40. The molecule has 0 spiro atoms. The van der Waals surface area contributed by atoms with Gasteiger partial charge in [-0.15, -0.1) is 0 Å². The number of aromatic nitrogens is 2. The van der Waals surface area contributed by atoms with E-state index in [2.05, 4.69) is 4.98 Å². The highest BCUT2D eigenvalue weighted by Crippen LogP contribution is 1.79. The van der Waals surface area contributed by atoms with Crippen molar-refractivity contribution in [2.45, 2.75) is 0 Å². The molecule has 0 atom stereocenters. The van der Waals surface area contributed by atoms with Gasteiger partial charge in [0.05, 0.1) is 0 Å². The number of hydrogen-bond donors (Lipinski definition) is 0. The molecule has 1 rings (SSSR count). The first-order valence-corrected chi connectivity index (χ1v) is 2.33. The normalized spacial score (nSPS) is 8.89. The van der Waals surface area contributed by atoms with Gasteiger partial charge in [-0.25, -0.2) is 4.73 Å². The molecule has 0 N–H and O–H groups in total. The Morgan fingerprint density at radius 2 is 2.56 bits per heavy atom. The molecule has 0 bridgehead atoms. The average molecular weight is 124 g/mol. The second kappa shape index (κ2) is 2.21. The van der Waals surface area contributed by atoms with Gasteiger partial charge >= 0.3 is 0 Å². The highest BCUT2D eigenvalue weighted by atomic mass is 16.5. The minimum Gasteiger partial charge on any atom is -0.710 e. The van der Waals surface area contributed by atoms with Crippen LogP contribution in [0, 0.1) is 5.21 Å². The molecule has 0 saturated carbocycles. The van der Waals surface area contributed by atoms with E-state index in [4.69, 9.17) is 0 Å². The lowest BCUT2D eigenvalue weighted by molar-refractivity contribution is -0.610. The summed E-state index contributed by atoms with van der Waals surface area (Å²) >= 11 is 0. The van der Waals surface area contributed by atoms with Crippen molar-refractivity contribution in [3.05, 3.63) is 29.5 Å². The zero-order valence-corrected chi connectivity index (χ0v) is 4.52. The summed E-state index contributed by atoms with van der Waals surface area (Å²) in [6, 6.07) is 1.35. The van der Waals surface area contributed by atoms with Crippen molar-refractivity contribution in [1.29, 1.82) is 0 Å². The molecule has 0 aliphatic carbocycles. The van der Waals surface area contributed by atoms with Gasteiger partial charge < -0.3 is 5.21 Å². The maximum atomic E-state index is 10.5. The largest absolute Gasteiger partial charge is 0.710 e. The second-order valence-electron chi connectivity index (χ2n) is 1.45. The molecule has 9 heavy (non-hydrogen) atoms. The van der Waals surface area contributed by atoms with Gasteiger partial charge in [-0.2, -0.15) is 0 Å². The molecule has 4 heteroatoms. The number of aldehydes is 1. The summed E-state index contributed by atoms with van der Waals surface area (Å²) in [5.74, 6) is 0. The summed E-state index contributed by atoms with van der Waals surface area (Å²) in [6.45, 7) is 0. The molecule has 0 fully saturated rings. The van der Waals surface area contributed by atoms with Gasteiger partial charge in [0.1, 0.15) is 6.20 Å². The SMILES string of the molecule is O=Cc1ccnc[n+]1[O-]. The lowest BCUT2D eigenvalue weighted by Gasteiger charge is -1.98. The van der Waals surface area contributed by atoms with Gasteiger partial charge in [0, 0.05) is 6.07 Å². The molecule has 1 heterocycles. The molecule has 0 amide bonds. The van der Waals surface area contributed by atoms with E-state index in [9.17, 15) is 10.0 Å². The first-order chi connectivity index (χ1) is 4.34. The van der Waals surface area contributed by atoms with Crippen LogP contribution in [0.5, 0.6) is 0 Å². The molecule has 0 aromatic carbocycles. The molecule has 0 saturated heterocycles. The Morgan fingerprint density at radius 1 is 1.78 bits per heavy atom. The summed E-state index contributed by atoms with van der Waals surface area (Å²) in [6.07, 6.45) is 2.90. The smallest absolute Gasteiger partial charge is 0.289 e.